The number of aromatic nitrogens is 2. The van der Waals surface area contributed by atoms with E-state index >= 15 is 0 Å². The Hall–Kier alpha value is -2.48. The van der Waals surface area contributed by atoms with Gasteiger partial charge in [0.1, 0.15) is 11.5 Å². The average Bonchev–Trinajstić information content (AvgIpc) is 2.57. The molecule has 0 saturated carbocycles. The number of nitrogens with two attached hydrogens (primary N) is 1. The zero-order chi connectivity index (χ0) is 18.0. The number of benzene rings is 1. The van der Waals surface area contributed by atoms with Crippen molar-refractivity contribution < 1.29 is 9.18 Å². The third-order valence-electron chi connectivity index (χ3n) is 4.01. The van der Waals surface area contributed by atoms with Gasteiger partial charge in [-0.25, -0.2) is 9.37 Å². The third-order valence-corrected chi connectivity index (χ3v) is 4.81. The minimum absolute atomic E-state index is 0.194. The fourth-order valence-electron chi connectivity index (χ4n) is 2.60. The molecule has 0 bridgehead atoms. The Morgan fingerprint density at radius 2 is 2.16 bits per heavy atom. The van der Waals surface area contributed by atoms with Crippen molar-refractivity contribution in [2.75, 3.05) is 11.1 Å². The van der Waals surface area contributed by atoms with Crippen LogP contribution >= 0.6 is 11.8 Å². The van der Waals surface area contributed by atoms with Crippen molar-refractivity contribution in [1.82, 2.24) is 9.97 Å². The summed E-state index contributed by atoms with van der Waals surface area (Å²) < 4.78 is 14.4. The van der Waals surface area contributed by atoms with Crippen LogP contribution in [-0.2, 0) is 5.54 Å². The largest absolute Gasteiger partial charge is 0.379 e. The molecule has 130 valence electrons. The summed E-state index contributed by atoms with van der Waals surface area (Å²) in [5, 5.41) is 3.16. The van der Waals surface area contributed by atoms with E-state index < -0.39 is 11.4 Å². The molecule has 1 aliphatic rings. The topological polar surface area (TPSA) is 93.3 Å². The predicted octanol–water partition coefficient (Wildman–Crippen LogP) is 2.84. The van der Waals surface area contributed by atoms with E-state index in [2.05, 4.69) is 20.3 Å². The van der Waals surface area contributed by atoms with Gasteiger partial charge in [0.25, 0.3) is 5.91 Å². The summed E-state index contributed by atoms with van der Waals surface area (Å²) in [5.41, 5.74) is 6.85. The maximum absolute atomic E-state index is 14.4. The first kappa shape index (κ1) is 17.3. The van der Waals surface area contributed by atoms with Gasteiger partial charge in [-0.1, -0.05) is 11.8 Å². The van der Waals surface area contributed by atoms with Gasteiger partial charge in [-0.2, -0.15) is 0 Å². The van der Waals surface area contributed by atoms with Crippen molar-refractivity contribution in [3.8, 4) is 0 Å². The summed E-state index contributed by atoms with van der Waals surface area (Å²) in [7, 11) is 0. The van der Waals surface area contributed by atoms with Gasteiger partial charge in [0.15, 0.2) is 5.17 Å². The maximum atomic E-state index is 14.4. The van der Waals surface area contributed by atoms with E-state index in [-0.39, 0.29) is 11.5 Å². The quantitative estimate of drug-likeness (QED) is 0.879. The molecular weight excluding hydrogens is 341 g/mol. The van der Waals surface area contributed by atoms with E-state index in [9.17, 15) is 9.18 Å². The summed E-state index contributed by atoms with van der Waals surface area (Å²) in [6.45, 7) is 3.63. The highest BCUT2D eigenvalue weighted by Gasteiger charge is 2.32. The fraction of sp³-hybridized carbons (Fsp3) is 0.294. The second kappa shape index (κ2) is 6.79. The summed E-state index contributed by atoms with van der Waals surface area (Å²) >= 11 is 1.45. The SMILES string of the molecule is Cc1cnc(C(=O)Nc2ccc(F)c([C@]3(C)CCSC(N)=N3)c2)cn1. The molecule has 1 amide bonds. The first-order valence-corrected chi connectivity index (χ1v) is 8.74. The Morgan fingerprint density at radius 1 is 1.36 bits per heavy atom. The molecule has 1 aliphatic heterocycles. The first-order valence-electron chi connectivity index (χ1n) is 7.75. The number of nitrogens with one attached hydrogen (secondary N) is 1. The second-order valence-corrected chi connectivity index (χ2v) is 7.13. The van der Waals surface area contributed by atoms with Crippen LogP contribution in [0.15, 0.2) is 35.6 Å². The Morgan fingerprint density at radius 3 is 2.84 bits per heavy atom. The number of nitrogens with zero attached hydrogens (tertiary/aromatic N) is 3. The van der Waals surface area contributed by atoms with Crippen molar-refractivity contribution in [3.05, 3.63) is 53.4 Å². The van der Waals surface area contributed by atoms with Crippen molar-refractivity contribution in [2.45, 2.75) is 25.8 Å². The zero-order valence-corrected chi connectivity index (χ0v) is 14.7. The first-order chi connectivity index (χ1) is 11.9. The lowest BCUT2D eigenvalue weighted by atomic mass is 9.89. The lowest BCUT2D eigenvalue weighted by Gasteiger charge is -2.30. The number of aliphatic imine (C=N–C) groups is 1. The monoisotopic (exact) mass is 359 g/mol. The lowest BCUT2D eigenvalue weighted by molar-refractivity contribution is 0.102. The molecule has 8 heteroatoms. The molecule has 0 saturated heterocycles. The number of carbonyl (C=O) groups excluding carboxylic acids is 1. The standard InChI is InChI=1S/C17H18FN5OS/c1-10-8-21-14(9-20-10)15(24)22-11-3-4-13(18)12(7-11)17(2)5-6-25-16(19)23-17/h3-4,7-9H,5-6H2,1-2H3,(H2,19,23)(H,22,24)/t17-/m0/s1. The molecule has 1 aromatic carbocycles. The third kappa shape index (κ3) is 3.79. The fourth-order valence-corrected chi connectivity index (χ4v) is 3.58. The van der Waals surface area contributed by atoms with E-state index in [0.717, 1.165) is 11.4 Å². The number of halogens is 1. The molecular formula is C17H18FN5OS. The summed E-state index contributed by atoms with van der Waals surface area (Å²) in [6.07, 6.45) is 3.58. The van der Waals surface area contributed by atoms with E-state index in [0.29, 0.717) is 22.8 Å². The van der Waals surface area contributed by atoms with Crippen molar-refractivity contribution >= 4 is 28.5 Å². The minimum atomic E-state index is -0.746. The smallest absolute Gasteiger partial charge is 0.275 e. The van der Waals surface area contributed by atoms with Crippen molar-refractivity contribution in [1.29, 1.82) is 0 Å². The number of aryl methyl sites for hydroxylation is 1. The van der Waals surface area contributed by atoms with Gasteiger partial charge in [0.05, 0.1) is 17.4 Å². The Balaban J connectivity index is 1.88. The minimum Gasteiger partial charge on any atom is -0.379 e. The van der Waals surface area contributed by atoms with E-state index in [4.69, 9.17) is 5.73 Å². The highest BCUT2D eigenvalue weighted by molar-refractivity contribution is 8.13. The Labute approximate surface area is 149 Å². The van der Waals surface area contributed by atoms with Gasteiger partial charge >= 0.3 is 0 Å². The number of carbonyl (C=O) groups is 1. The molecule has 3 N–H and O–H groups in total. The average molecular weight is 359 g/mol. The van der Waals surface area contributed by atoms with Gasteiger partial charge in [-0.3, -0.25) is 14.8 Å². The number of thioether (sulfide) groups is 1. The molecule has 25 heavy (non-hydrogen) atoms. The van der Waals surface area contributed by atoms with Crippen LogP contribution in [0.4, 0.5) is 10.1 Å². The number of amidine groups is 1. The molecule has 3 rings (SSSR count). The van der Waals surface area contributed by atoms with Gasteiger partial charge in [-0.15, -0.1) is 0 Å². The summed E-state index contributed by atoms with van der Waals surface area (Å²) in [6, 6.07) is 4.43. The molecule has 6 nitrogen and oxygen atoms in total. The van der Waals surface area contributed by atoms with E-state index in [1.165, 1.54) is 36.3 Å². The predicted molar refractivity (Wildman–Crippen MR) is 97.2 cm³/mol. The van der Waals surface area contributed by atoms with E-state index in [1.54, 1.807) is 13.0 Å². The van der Waals surface area contributed by atoms with Crippen LogP contribution in [0.3, 0.4) is 0 Å². The van der Waals surface area contributed by atoms with Crippen LogP contribution in [0.25, 0.3) is 0 Å². The number of amides is 1. The van der Waals surface area contributed by atoms with E-state index in [1.807, 2.05) is 6.92 Å². The number of hydrogen-bond donors (Lipinski definition) is 2. The Kier molecular flexibility index (Phi) is 4.71. The molecule has 0 aliphatic carbocycles. The molecule has 2 heterocycles. The molecule has 2 aromatic rings. The number of rotatable bonds is 3. The summed E-state index contributed by atoms with van der Waals surface area (Å²) in [4.78, 5) is 24.8. The molecule has 1 aromatic heterocycles. The number of anilines is 1. The molecule has 1 atom stereocenters. The van der Waals surface area contributed by atoms with Gasteiger partial charge in [-0.05, 0) is 38.5 Å². The van der Waals surface area contributed by atoms with Gasteiger partial charge < -0.3 is 11.1 Å². The zero-order valence-electron chi connectivity index (χ0n) is 13.9. The molecule has 0 radical (unpaired) electrons. The Bertz CT molecular complexity index is 839. The van der Waals surface area contributed by atoms with Crippen LogP contribution in [0.2, 0.25) is 0 Å². The highest BCUT2D eigenvalue weighted by atomic mass is 32.2. The van der Waals surface area contributed by atoms with Crippen LogP contribution in [0.5, 0.6) is 0 Å². The van der Waals surface area contributed by atoms with Crippen LogP contribution in [0.1, 0.15) is 35.1 Å². The van der Waals surface area contributed by atoms with Crippen LogP contribution in [0, 0.1) is 12.7 Å². The molecule has 0 spiro atoms. The van der Waals surface area contributed by atoms with Crippen LogP contribution in [-0.4, -0.2) is 26.8 Å². The highest BCUT2D eigenvalue weighted by Crippen LogP contribution is 2.37. The normalized spacial score (nSPS) is 20.0. The number of hydrogen-bond acceptors (Lipinski definition) is 6. The van der Waals surface area contributed by atoms with Crippen LogP contribution < -0.4 is 11.1 Å². The molecule has 0 fully saturated rings. The van der Waals surface area contributed by atoms with Crippen molar-refractivity contribution in [2.24, 2.45) is 10.7 Å². The maximum Gasteiger partial charge on any atom is 0.275 e. The van der Waals surface area contributed by atoms with Crippen molar-refractivity contribution in [3.63, 3.8) is 0 Å². The molecule has 0 unspecified atom stereocenters. The second-order valence-electron chi connectivity index (χ2n) is 6.01. The summed E-state index contributed by atoms with van der Waals surface area (Å²) in [5.74, 6) is -0.0163. The van der Waals surface area contributed by atoms with Gasteiger partial charge in [0, 0.05) is 23.2 Å². The van der Waals surface area contributed by atoms with Gasteiger partial charge in [0.2, 0.25) is 0 Å². The lowest BCUT2D eigenvalue weighted by Crippen LogP contribution is -2.29.